The van der Waals surface area contributed by atoms with Gasteiger partial charge in [0.05, 0.1) is 0 Å². The van der Waals surface area contributed by atoms with Crippen molar-refractivity contribution in [1.82, 2.24) is 0 Å². The maximum atomic E-state index is 13.2. The Hall–Kier alpha value is -2.58. The Balaban J connectivity index is 2.27. The van der Waals surface area contributed by atoms with Crippen LogP contribution < -0.4 is 5.32 Å². The van der Waals surface area contributed by atoms with E-state index < -0.39 is 0 Å². The minimum atomic E-state index is -0.000450. The predicted octanol–water partition coefficient (Wildman–Crippen LogP) is 12.8. The highest BCUT2D eigenvalue weighted by atomic mass is 35.5. The van der Waals surface area contributed by atoms with Crippen molar-refractivity contribution in [3.05, 3.63) is 99.7 Å². The van der Waals surface area contributed by atoms with Crippen molar-refractivity contribution >= 4 is 23.2 Å². The van der Waals surface area contributed by atoms with Crippen molar-refractivity contribution in [3.8, 4) is 0 Å². The summed E-state index contributed by atoms with van der Waals surface area (Å²) in [6.07, 6.45) is 21.6. The summed E-state index contributed by atoms with van der Waals surface area (Å²) in [5.74, 6) is 1.72. The highest BCUT2D eigenvalue weighted by molar-refractivity contribution is 6.32. The number of allylic oxidation sites excluding steroid dienone is 11. The quantitative estimate of drug-likeness (QED) is 0.219. The van der Waals surface area contributed by atoms with Crippen LogP contribution in [0.1, 0.15) is 118 Å². The molecule has 0 aliphatic heterocycles. The van der Waals surface area contributed by atoms with E-state index in [4.69, 9.17) is 11.6 Å². The van der Waals surface area contributed by atoms with Gasteiger partial charge in [-0.2, -0.15) is 0 Å². The summed E-state index contributed by atoms with van der Waals surface area (Å²) >= 11 is 7.13. The SMILES string of the molecule is C=C(C=C(Cl)C(CC1CCCC(C(C)C(=O)Nc2cccc(C)c2)CCCC1C)=C(C)CC(C=C(C)CC)=CC=CC)CC. The van der Waals surface area contributed by atoms with E-state index in [9.17, 15) is 4.79 Å². The monoisotopic (exact) mass is 617 g/mol. The van der Waals surface area contributed by atoms with Crippen LogP contribution in [0.3, 0.4) is 0 Å². The Morgan fingerprint density at radius 2 is 1.80 bits per heavy atom. The summed E-state index contributed by atoms with van der Waals surface area (Å²) in [5.41, 5.74) is 8.46. The second kappa shape index (κ2) is 19.7. The number of benzene rings is 1. The Bertz CT molecular complexity index is 1240. The second-order valence-electron chi connectivity index (χ2n) is 13.3. The van der Waals surface area contributed by atoms with Gasteiger partial charge in [0.15, 0.2) is 0 Å². The molecule has 44 heavy (non-hydrogen) atoms. The third-order valence-electron chi connectivity index (χ3n) is 9.61. The average Bonchev–Trinajstić information content (AvgIpc) is 3.08. The number of nitrogens with one attached hydrogen (secondary N) is 1. The Morgan fingerprint density at radius 3 is 2.43 bits per heavy atom. The van der Waals surface area contributed by atoms with Crippen molar-refractivity contribution < 1.29 is 4.79 Å². The first-order valence-electron chi connectivity index (χ1n) is 17.1. The van der Waals surface area contributed by atoms with Gasteiger partial charge in [-0.25, -0.2) is 0 Å². The van der Waals surface area contributed by atoms with Crippen LogP contribution in [0, 0.1) is 30.6 Å². The van der Waals surface area contributed by atoms with E-state index in [1.165, 1.54) is 28.7 Å². The molecular formula is C41H60ClNO. The smallest absolute Gasteiger partial charge is 0.227 e. The van der Waals surface area contributed by atoms with Crippen LogP contribution in [0.15, 0.2) is 94.1 Å². The minimum Gasteiger partial charge on any atom is -0.326 e. The van der Waals surface area contributed by atoms with Gasteiger partial charge in [0, 0.05) is 16.6 Å². The molecule has 3 heteroatoms. The first kappa shape index (κ1) is 37.6. The third-order valence-corrected chi connectivity index (χ3v) is 9.95. The number of carbonyl (C=O) groups excluding carboxylic acids is 1. The molecular weight excluding hydrogens is 558 g/mol. The first-order valence-corrected chi connectivity index (χ1v) is 17.5. The van der Waals surface area contributed by atoms with Crippen LogP contribution in [0.2, 0.25) is 0 Å². The van der Waals surface area contributed by atoms with Gasteiger partial charge in [-0.1, -0.05) is 118 Å². The van der Waals surface area contributed by atoms with Gasteiger partial charge in [-0.15, -0.1) is 0 Å². The lowest BCUT2D eigenvalue weighted by molar-refractivity contribution is -0.121. The maximum Gasteiger partial charge on any atom is 0.227 e. The van der Waals surface area contributed by atoms with Crippen LogP contribution in [0.4, 0.5) is 5.69 Å². The molecule has 1 aromatic carbocycles. The fourth-order valence-corrected chi connectivity index (χ4v) is 6.71. The number of halogens is 1. The van der Waals surface area contributed by atoms with Crippen molar-refractivity contribution in [2.24, 2.45) is 23.7 Å². The van der Waals surface area contributed by atoms with Crippen LogP contribution in [-0.2, 0) is 4.79 Å². The molecule has 2 rings (SSSR count). The third kappa shape index (κ3) is 12.8. The molecule has 1 fully saturated rings. The molecule has 2 nitrogen and oxygen atoms in total. The van der Waals surface area contributed by atoms with Crippen LogP contribution >= 0.6 is 11.6 Å². The Kier molecular flexibility index (Phi) is 16.9. The van der Waals surface area contributed by atoms with Gasteiger partial charge in [0.1, 0.15) is 0 Å². The number of carbonyl (C=O) groups is 1. The molecule has 0 bridgehead atoms. The standard InChI is InChI=1S/C41H60ClNO/c1-10-13-19-35(24-29(4)11-2)27-33(8)39(40(42)26-30(5)12-3)28-37-22-16-21-36(20-15-18-32(37)7)34(9)41(44)43-38-23-14-17-31(6)25-38/h10,13-14,17,19,23-26,32,34,36-37H,5,11-12,15-16,18,20-22,27-28H2,1-4,6-9H3,(H,43,44). The van der Waals surface area contributed by atoms with Gasteiger partial charge in [0.2, 0.25) is 5.91 Å². The molecule has 1 N–H and O–H groups in total. The number of anilines is 1. The highest BCUT2D eigenvalue weighted by Crippen LogP contribution is 2.39. The van der Waals surface area contributed by atoms with E-state index in [-0.39, 0.29) is 11.8 Å². The minimum absolute atomic E-state index is 0.000450. The van der Waals surface area contributed by atoms with E-state index in [0.29, 0.717) is 17.8 Å². The molecule has 0 radical (unpaired) electrons. The number of amides is 1. The first-order chi connectivity index (χ1) is 21.0. The molecule has 0 saturated heterocycles. The van der Waals surface area contributed by atoms with Crippen molar-refractivity contribution in [1.29, 1.82) is 0 Å². The van der Waals surface area contributed by atoms with E-state index in [1.807, 2.05) is 18.2 Å². The summed E-state index contributed by atoms with van der Waals surface area (Å²) < 4.78 is 0. The summed E-state index contributed by atoms with van der Waals surface area (Å²) in [4.78, 5) is 13.2. The molecule has 0 aromatic heterocycles. The number of aryl methyl sites for hydroxylation is 1. The van der Waals surface area contributed by atoms with Gasteiger partial charge in [0.25, 0.3) is 0 Å². The van der Waals surface area contributed by atoms with Gasteiger partial charge in [-0.3, -0.25) is 4.79 Å². The Morgan fingerprint density at radius 1 is 1.09 bits per heavy atom. The summed E-state index contributed by atoms with van der Waals surface area (Å²) in [5, 5.41) is 4.03. The van der Waals surface area contributed by atoms with E-state index >= 15 is 0 Å². The molecule has 0 heterocycles. The number of hydrogen-bond donors (Lipinski definition) is 1. The molecule has 242 valence electrons. The molecule has 1 amide bonds. The van der Waals surface area contributed by atoms with Crippen molar-refractivity contribution in [2.45, 2.75) is 120 Å². The maximum absolute atomic E-state index is 13.2. The highest BCUT2D eigenvalue weighted by Gasteiger charge is 2.28. The van der Waals surface area contributed by atoms with Gasteiger partial charge >= 0.3 is 0 Å². The summed E-state index contributed by atoms with van der Waals surface area (Å²) in [6.45, 7) is 21.7. The van der Waals surface area contributed by atoms with E-state index in [0.717, 1.165) is 79.6 Å². The molecule has 1 aliphatic carbocycles. The topological polar surface area (TPSA) is 29.1 Å². The molecule has 4 atom stereocenters. The average molecular weight is 618 g/mol. The Labute approximate surface area is 275 Å². The molecule has 0 spiro atoms. The fourth-order valence-electron chi connectivity index (χ4n) is 6.32. The largest absolute Gasteiger partial charge is 0.326 e. The van der Waals surface area contributed by atoms with Gasteiger partial charge in [-0.05, 0) is 125 Å². The number of hydrogen-bond acceptors (Lipinski definition) is 1. The predicted molar refractivity (Wildman–Crippen MR) is 195 cm³/mol. The molecule has 1 aromatic rings. The van der Waals surface area contributed by atoms with Crippen molar-refractivity contribution in [2.75, 3.05) is 5.32 Å². The zero-order valence-electron chi connectivity index (χ0n) is 29.1. The lowest BCUT2D eigenvalue weighted by Crippen LogP contribution is -2.27. The second-order valence-corrected chi connectivity index (χ2v) is 13.7. The van der Waals surface area contributed by atoms with Crippen LogP contribution in [0.25, 0.3) is 0 Å². The van der Waals surface area contributed by atoms with Gasteiger partial charge < -0.3 is 5.32 Å². The fraction of sp³-hybridized carbons (Fsp3) is 0.537. The summed E-state index contributed by atoms with van der Waals surface area (Å²) in [7, 11) is 0. The lowest BCUT2D eigenvalue weighted by atomic mass is 9.80. The lowest BCUT2D eigenvalue weighted by Gasteiger charge is -2.26. The van der Waals surface area contributed by atoms with E-state index in [2.05, 4.69) is 104 Å². The van der Waals surface area contributed by atoms with E-state index in [1.54, 1.807) is 0 Å². The molecule has 1 saturated carbocycles. The van der Waals surface area contributed by atoms with Crippen LogP contribution in [0.5, 0.6) is 0 Å². The molecule has 1 aliphatic rings. The molecule has 4 unspecified atom stereocenters. The summed E-state index contributed by atoms with van der Waals surface area (Å²) in [6, 6.07) is 8.09. The van der Waals surface area contributed by atoms with Crippen molar-refractivity contribution in [3.63, 3.8) is 0 Å². The zero-order valence-corrected chi connectivity index (χ0v) is 29.8. The zero-order chi connectivity index (χ0) is 32.6. The normalized spacial score (nSPS) is 22.1. The van der Waals surface area contributed by atoms with Crippen LogP contribution in [-0.4, -0.2) is 5.91 Å². The number of rotatable bonds is 13.